The zero-order valence-corrected chi connectivity index (χ0v) is 16.9. The number of amides is 1. The topological polar surface area (TPSA) is 68.5 Å². The molecule has 0 saturated carbocycles. The van der Waals surface area contributed by atoms with Crippen LogP contribution < -0.4 is 10.2 Å². The third kappa shape index (κ3) is 4.22. The van der Waals surface area contributed by atoms with Gasteiger partial charge in [0.05, 0.1) is 11.9 Å². The fourth-order valence-electron chi connectivity index (χ4n) is 3.15. The zero-order chi connectivity index (χ0) is 20.9. The maximum atomic E-state index is 12.1. The monoisotopic (exact) mass is 398 g/mol. The second-order valence-corrected chi connectivity index (χ2v) is 6.98. The van der Waals surface area contributed by atoms with Crippen molar-refractivity contribution in [2.24, 2.45) is 5.10 Å². The second kappa shape index (κ2) is 8.61. The molecule has 4 aromatic rings. The lowest BCUT2D eigenvalue weighted by Crippen LogP contribution is -2.24. The number of aromatic nitrogens is 2. The summed E-state index contributed by atoms with van der Waals surface area (Å²) >= 11 is 0. The molecule has 1 N–H and O–H groups in total. The van der Waals surface area contributed by atoms with Crippen molar-refractivity contribution in [1.82, 2.24) is 15.0 Å². The lowest BCUT2D eigenvalue weighted by Gasteiger charge is -2.09. The van der Waals surface area contributed by atoms with Crippen molar-refractivity contribution >= 4 is 23.0 Å². The average Bonchev–Trinajstić information content (AvgIpc) is 3.22. The van der Waals surface area contributed by atoms with Gasteiger partial charge in [0.1, 0.15) is 11.3 Å². The minimum atomic E-state index is -0.344. The van der Waals surface area contributed by atoms with Crippen LogP contribution in [0, 0.1) is 13.8 Å². The zero-order valence-electron chi connectivity index (χ0n) is 16.9. The molecule has 0 radical (unpaired) electrons. The van der Waals surface area contributed by atoms with Crippen molar-refractivity contribution in [2.45, 2.75) is 13.8 Å². The van der Waals surface area contributed by atoms with E-state index >= 15 is 0 Å². The Morgan fingerprint density at radius 2 is 1.97 bits per heavy atom. The van der Waals surface area contributed by atoms with Gasteiger partial charge in [0, 0.05) is 23.5 Å². The number of ether oxygens (including phenoxy) is 1. The van der Waals surface area contributed by atoms with Crippen LogP contribution in [0.25, 0.3) is 16.6 Å². The molecule has 0 aliphatic heterocycles. The number of nitrogens with one attached hydrogen (secondary N) is 1. The number of pyridine rings is 1. The highest BCUT2D eigenvalue weighted by molar-refractivity contribution is 5.85. The highest BCUT2D eigenvalue weighted by Crippen LogP contribution is 2.22. The van der Waals surface area contributed by atoms with Crippen molar-refractivity contribution in [3.8, 4) is 11.4 Å². The highest BCUT2D eigenvalue weighted by Gasteiger charge is 2.07. The third-order valence-corrected chi connectivity index (χ3v) is 4.89. The number of aryl methyl sites for hydroxylation is 2. The first kappa shape index (κ1) is 19.4. The van der Waals surface area contributed by atoms with Gasteiger partial charge in [-0.3, -0.25) is 9.78 Å². The molecule has 150 valence electrons. The normalized spacial score (nSPS) is 11.1. The van der Waals surface area contributed by atoms with E-state index in [1.165, 1.54) is 11.1 Å². The van der Waals surface area contributed by atoms with E-state index in [1.54, 1.807) is 18.5 Å². The molecular weight excluding hydrogens is 376 g/mol. The van der Waals surface area contributed by atoms with Crippen LogP contribution >= 0.6 is 0 Å². The number of rotatable bonds is 6. The quantitative estimate of drug-likeness (QED) is 0.391. The SMILES string of the molecule is Cc1ccc(-n2cccc2/C=N/NC(=O)COc2cccc3cccnc23)cc1C. The van der Waals surface area contributed by atoms with E-state index in [1.807, 2.05) is 47.2 Å². The van der Waals surface area contributed by atoms with Crippen LogP contribution in [0.2, 0.25) is 0 Å². The van der Waals surface area contributed by atoms with E-state index in [0.29, 0.717) is 5.75 Å². The molecule has 2 aromatic heterocycles. The molecule has 4 rings (SSSR count). The molecule has 0 unspecified atom stereocenters. The minimum Gasteiger partial charge on any atom is -0.481 e. The van der Waals surface area contributed by atoms with Crippen LogP contribution in [0.3, 0.4) is 0 Å². The van der Waals surface area contributed by atoms with Crippen molar-refractivity contribution < 1.29 is 9.53 Å². The largest absolute Gasteiger partial charge is 0.481 e. The van der Waals surface area contributed by atoms with Crippen molar-refractivity contribution in [1.29, 1.82) is 0 Å². The second-order valence-electron chi connectivity index (χ2n) is 6.98. The van der Waals surface area contributed by atoms with E-state index in [0.717, 1.165) is 22.3 Å². The Labute approximate surface area is 174 Å². The highest BCUT2D eigenvalue weighted by atomic mass is 16.5. The van der Waals surface area contributed by atoms with Gasteiger partial charge < -0.3 is 9.30 Å². The Balaban J connectivity index is 1.39. The number of nitrogens with zero attached hydrogens (tertiary/aromatic N) is 3. The van der Waals surface area contributed by atoms with Gasteiger partial charge >= 0.3 is 0 Å². The van der Waals surface area contributed by atoms with Crippen LogP contribution in [0.4, 0.5) is 0 Å². The fourth-order valence-corrected chi connectivity index (χ4v) is 3.15. The summed E-state index contributed by atoms with van der Waals surface area (Å²) in [4.78, 5) is 16.5. The Morgan fingerprint density at radius 1 is 1.10 bits per heavy atom. The van der Waals surface area contributed by atoms with Crippen molar-refractivity contribution in [2.75, 3.05) is 6.61 Å². The van der Waals surface area contributed by atoms with Gasteiger partial charge in [-0.05, 0) is 61.4 Å². The molecule has 2 heterocycles. The Kier molecular flexibility index (Phi) is 5.57. The van der Waals surface area contributed by atoms with E-state index < -0.39 is 0 Å². The molecule has 0 fully saturated rings. The summed E-state index contributed by atoms with van der Waals surface area (Å²) in [5.41, 5.74) is 7.60. The summed E-state index contributed by atoms with van der Waals surface area (Å²) < 4.78 is 7.65. The van der Waals surface area contributed by atoms with Gasteiger partial charge in [0.15, 0.2) is 6.61 Å². The first-order valence-electron chi connectivity index (χ1n) is 9.65. The number of para-hydroxylation sites is 1. The average molecular weight is 398 g/mol. The molecule has 0 atom stereocenters. The minimum absolute atomic E-state index is 0.148. The molecule has 0 bridgehead atoms. The summed E-state index contributed by atoms with van der Waals surface area (Å²) in [7, 11) is 0. The molecule has 0 aliphatic rings. The Bertz CT molecular complexity index is 1220. The molecule has 1 amide bonds. The van der Waals surface area contributed by atoms with Crippen molar-refractivity contribution in [3.63, 3.8) is 0 Å². The fraction of sp³-hybridized carbons (Fsp3) is 0.125. The number of carbonyl (C=O) groups excluding carboxylic acids is 1. The predicted molar refractivity (Wildman–Crippen MR) is 118 cm³/mol. The summed E-state index contributed by atoms with van der Waals surface area (Å²) in [5, 5.41) is 5.03. The van der Waals surface area contributed by atoms with E-state index in [2.05, 4.69) is 47.6 Å². The number of fused-ring (bicyclic) bond motifs is 1. The standard InChI is InChI=1S/C24H22N4O2/c1-17-10-11-20(14-18(17)2)28-13-5-8-21(28)15-26-27-23(29)16-30-22-9-3-6-19-7-4-12-25-24(19)22/h3-15H,16H2,1-2H3,(H,27,29)/b26-15+. The Morgan fingerprint density at radius 3 is 2.83 bits per heavy atom. The third-order valence-electron chi connectivity index (χ3n) is 4.89. The van der Waals surface area contributed by atoms with Crippen molar-refractivity contribution in [3.05, 3.63) is 89.9 Å². The first-order valence-corrected chi connectivity index (χ1v) is 9.65. The number of benzene rings is 2. The van der Waals surface area contributed by atoms with E-state index in [4.69, 9.17) is 4.74 Å². The molecular formula is C24H22N4O2. The molecule has 0 aliphatic carbocycles. The lowest BCUT2D eigenvalue weighted by atomic mass is 10.1. The number of hydrogen-bond acceptors (Lipinski definition) is 4. The van der Waals surface area contributed by atoms with Gasteiger partial charge in [-0.1, -0.05) is 24.3 Å². The van der Waals surface area contributed by atoms with Crippen LogP contribution in [0.15, 0.2) is 78.2 Å². The van der Waals surface area contributed by atoms with Crippen LogP contribution in [-0.2, 0) is 4.79 Å². The maximum absolute atomic E-state index is 12.1. The summed E-state index contributed by atoms with van der Waals surface area (Å²) in [6.45, 7) is 4.02. The maximum Gasteiger partial charge on any atom is 0.277 e. The van der Waals surface area contributed by atoms with Crippen LogP contribution in [0.5, 0.6) is 5.75 Å². The van der Waals surface area contributed by atoms with E-state index in [9.17, 15) is 4.79 Å². The molecule has 0 spiro atoms. The smallest absolute Gasteiger partial charge is 0.277 e. The van der Waals surface area contributed by atoms with Crippen LogP contribution in [-0.4, -0.2) is 28.3 Å². The van der Waals surface area contributed by atoms with Gasteiger partial charge in [-0.15, -0.1) is 0 Å². The molecule has 6 heteroatoms. The lowest BCUT2D eigenvalue weighted by molar-refractivity contribution is -0.123. The summed E-state index contributed by atoms with van der Waals surface area (Å²) in [5.74, 6) is 0.222. The summed E-state index contributed by atoms with van der Waals surface area (Å²) in [6.07, 6.45) is 5.28. The molecule has 2 aromatic carbocycles. The van der Waals surface area contributed by atoms with Gasteiger partial charge in [-0.2, -0.15) is 5.10 Å². The van der Waals surface area contributed by atoms with Gasteiger partial charge in [0.25, 0.3) is 5.91 Å². The van der Waals surface area contributed by atoms with Gasteiger partial charge in [0.2, 0.25) is 0 Å². The number of hydrazone groups is 1. The van der Waals surface area contributed by atoms with Crippen LogP contribution in [0.1, 0.15) is 16.8 Å². The summed E-state index contributed by atoms with van der Waals surface area (Å²) in [6, 6.07) is 19.6. The predicted octanol–water partition coefficient (Wildman–Crippen LogP) is 4.17. The molecule has 0 saturated heterocycles. The van der Waals surface area contributed by atoms with Gasteiger partial charge in [-0.25, -0.2) is 5.43 Å². The van der Waals surface area contributed by atoms with E-state index in [-0.39, 0.29) is 12.5 Å². The Hall–Kier alpha value is -3.93. The number of hydrogen-bond donors (Lipinski definition) is 1. The number of carbonyl (C=O) groups is 1. The first-order chi connectivity index (χ1) is 14.6. The molecule has 30 heavy (non-hydrogen) atoms. The molecule has 6 nitrogen and oxygen atoms in total.